The lowest BCUT2D eigenvalue weighted by Gasteiger charge is -2.31. The number of nitrogens with one attached hydrogen (secondary N) is 1. The molecular weight excluding hydrogens is 434 g/mol. The van der Waals surface area contributed by atoms with Crippen LogP contribution in [-0.4, -0.2) is 25.4 Å². The topological polar surface area (TPSA) is 124 Å². The van der Waals surface area contributed by atoms with Gasteiger partial charge >= 0.3 is 0 Å². The van der Waals surface area contributed by atoms with Gasteiger partial charge in [0.15, 0.2) is 23.9 Å². The van der Waals surface area contributed by atoms with Gasteiger partial charge in [0, 0.05) is 24.1 Å². The maximum atomic E-state index is 12.7. The average Bonchev–Trinajstić information content (AvgIpc) is 2.83. The Morgan fingerprint density at radius 2 is 2.03 bits per heavy atom. The van der Waals surface area contributed by atoms with Crippen molar-refractivity contribution in [3.8, 4) is 17.6 Å². The molecule has 2 aromatic rings. The van der Waals surface area contributed by atoms with Gasteiger partial charge in [0.2, 0.25) is 5.88 Å². The van der Waals surface area contributed by atoms with E-state index in [2.05, 4.69) is 11.4 Å². The molecule has 1 heterocycles. The second-order valence-electron chi connectivity index (χ2n) is 8.10. The number of benzene rings is 2. The van der Waals surface area contributed by atoms with E-state index in [1.165, 1.54) is 7.11 Å². The molecule has 0 unspecified atom stereocenters. The number of anilines is 1. The van der Waals surface area contributed by atoms with Crippen molar-refractivity contribution >= 4 is 17.4 Å². The largest absolute Gasteiger partial charge is 0.493 e. The molecule has 1 atom stereocenters. The molecule has 4 rings (SSSR count). The molecule has 1 aliphatic heterocycles. The molecule has 0 spiro atoms. The third-order valence-corrected chi connectivity index (χ3v) is 5.90. The van der Waals surface area contributed by atoms with Gasteiger partial charge in [-0.1, -0.05) is 24.3 Å². The van der Waals surface area contributed by atoms with Crippen LogP contribution in [0.15, 0.2) is 65.3 Å². The quantitative estimate of drug-likeness (QED) is 0.673. The summed E-state index contributed by atoms with van der Waals surface area (Å²) >= 11 is 0. The molecule has 0 radical (unpaired) electrons. The molecule has 34 heavy (non-hydrogen) atoms. The van der Waals surface area contributed by atoms with Gasteiger partial charge in [-0.2, -0.15) is 5.26 Å². The van der Waals surface area contributed by atoms with E-state index in [0.717, 1.165) is 5.56 Å². The van der Waals surface area contributed by atoms with Crippen molar-refractivity contribution < 1.29 is 23.8 Å². The first kappa shape index (κ1) is 22.9. The summed E-state index contributed by atoms with van der Waals surface area (Å²) in [4.78, 5) is 25.1. The number of allylic oxidation sites excluding steroid dienone is 3. The number of nitrogens with zero attached hydrogens (tertiary/aromatic N) is 1. The normalized spacial score (nSPS) is 17.4. The minimum absolute atomic E-state index is 0.00752. The number of ether oxygens (including phenoxy) is 3. The van der Waals surface area contributed by atoms with Gasteiger partial charge in [-0.05, 0) is 42.7 Å². The van der Waals surface area contributed by atoms with Crippen LogP contribution < -0.4 is 20.5 Å². The zero-order chi connectivity index (χ0) is 24.2. The molecule has 0 saturated carbocycles. The van der Waals surface area contributed by atoms with Gasteiger partial charge < -0.3 is 25.3 Å². The summed E-state index contributed by atoms with van der Waals surface area (Å²) in [5, 5.41) is 12.6. The maximum absolute atomic E-state index is 12.7. The summed E-state index contributed by atoms with van der Waals surface area (Å²) in [6.45, 7) is 1.69. The van der Waals surface area contributed by atoms with E-state index in [1.807, 2.05) is 31.2 Å². The number of rotatable bonds is 6. The van der Waals surface area contributed by atoms with E-state index in [4.69, 9.17) is 19.9 Å². The maximum Gasteiger partial charge on any atom is 0.262 e. The molecule has 0 saturated heterocycles. The lowest BCUT2D eigenvalue weighted by Crippen LogP contribution is -2.27. The van der Waals surface area contributed by atoms with Crippen molar-refractivity contribution in [1.82, 2.24) is 0 Å². The molecule has 2 aliphatic rings. The second-order valence-corrected chi connectivity index (χ2v) is 8.10. The number of nitrogens with two attached hydrogens (primary N) is 1. The van der Waals surface area contributed by atoms with Crippen molar-refractivity contribution in [2.24, 2.45) is 5.73 Å². The lowest BCUT2D eigenvalue weighted by atomic mass is 9.77. The third-order valence-electron chi connectivity index (χ3n) is 5.90. The Morgan fingerprint density at radius 3 is 2.76 bits per heavy atom. The summed E-state index contributed by atoms with van der Waals surface area (Å²) < 4.78 is 16.8. The fraction of sp³-hybridized carbons (Fsp3) is 0.269. The number of amides is 1. The van der Waals surface area contributed by atoms with Crippen LogP contribution in [0, 0.1) is 18.3 Å². The standard InChI is InChI=1S/C26H25N3O5/c1-15-6-3-4-7-18(15)29-23(31)14-33-20-11-10-16(12-22(20)32-2)24-17(13-27)26(28)34-21-9-5-8-19(30)25(21)24/h3-4,6-7,10-12,24H,5,8-9,14,28H2,1-2H3,(H,29,31)/t24-/m0/s1. The molecule has 1 amide bonds. The average molecular weight is 460 g/mol. The number of methoxy groups -OCH3 is 1. The SMILES string of the molecule is COc1cc([C@H]2C(C#N)=C(N)OC3=C2C(=O)CCC3)ccc1OCC(=O)Nc1ccccc1C. The number of para-hydroxylation sites is 1. The molecule has 174 valence electrons. The van der Waals surface area contributed by atoms with Crippen molar-refractivity contribution in [1.29, 1.82) is 5.26 Å². The highest BCUT2D eigenvalue weighted by molar-refractivity contribution is 5.99. The van der Waals surface area contributed by atoms with E-state index < -0.39 is 5.92 Å². The smallest absolute Gasteiger partial charge is 0.262 e. The Labute approximate surface area is 197 Å². The number of hydrogen-bond donors (Lipinski definition) is 2. The molecule has 0 fully saturated rings. The summed E-state index contributed by atoms with van der Waals surface area (Å²) in [5.74, 6) is 0.243. The van der Waals surface area contributed by atoms with Crippen LogP contribution >= 0.6 is 0 Å². The number of aryl methyl sites for hydroxylation is 1. The Balaban J connectivity index is 1.58. The monoisotopic (exact) mass is 459 g/mol. The Bertz CT molecular complexity index is 1260. The van der Waals surface area contributed by atoms with Gasteiger partial charge in [-0.25, -0.2) is 0 Å². The lowest BCUT2D eigenvalue weighted by molar-refractivity contribution is -0.118. The van der Waals surface area contributed by atoms with E-state index >= 15 is 0 Å². The Hall–Kier alpha value is -4.25. The first-order valence-corrected chi connectivity index (χ1v) is 10.9. The van der Waals surface area contributed by atoms with E-state index in [0.29, 0.717) is 53.3 Å². The van der Waals surface area contributed by atoms with Gasteiger partial charge in [0.25, 0.3) is 5.91 Å². The van der Waals surface area contributed by atoms with Gasteiger partial charge in [0.1, 0.15) is 17.4 Å². The van der Waals surface area contributed by atoms with Gasteiger partial charge in [-0.15, -0.1) is 0 Å². The summed E-state index contributed by atoms with van der Waals surface area (Å²) in [7, 11) is 1.48. The Morgan fingerprint density at radius 1 is 1.24 bits per heavy atom. The van der Waals surface area contributed by atoms with Crippen molar-refractivity contribution in [2.45, 2.75) is 32.1 Å². The molecule has 3 N–H and O–H groups in total. The highest BCUT2D eigenvalue weighted by Gasteiger charge is 2.38. The summed E-state index contributed by atoms with van der Waals surface area (Å²) in [6.07, 6.45) is 1.66. The van der Waals surface area contributed by atoms with Crippen LogP contribution in [0.3, 0.4) is 0 Å². The van der Waals surface area contributed by atoms with Crippen LogP contribution in [0.25, 0.3) is 0 Å². The van der Waals surface area contributed by atoms with Crippen LogP contribution in [0.1, 0.15) is 36.3 Å². The number of hydrogen-bond acceptors (Lipinski definition) is 7. The molecule has 8 nitrogen and oxygen atoms in total. The summed E-state index contributed by atoms with van der Waals surface area (Å²) in [5.41, 5.74) is 8.97. The number of ketones is 1. The van der Waals surface area contributed by atoms with Gasteiger partial charge in [0.05, 0.1) is 13.0 Å². The number of nitriles is 1. The van der Waals surface area contributed by atoms with Gasteiger partial charge in [-0.3, -0.25) is 9.59 Å². The van der Waals surface area contributed by atoms with E-state index in [1.54, 1.807) is 18.2 Å². The molecule has 8 heteroatoms. The van der Waals surface area contributed by atoms with Crippen LogP contribution in [0.2, 0.25) is 0 Å². The minimum atomic E-state index is -0.645. The number of Topliss-reactive ketones (excluding diaryl/α,β-unsaturated/α-hetero) is 1. The highest BCUT2D eigenvalue weighted by atomic mass is 16.5. The predicted molar refractivity (Wildman–Crippen MR) is 125 cm³/mol. The van der Waals surface area contributed by atoms with Crippen LogP contribution in [-0.2, 0) is 14.3 Å². The van der Waals surface area contributed by atoms with Crippen LogP contribution in [0.5, 0.6) is 11.5 Å². The number of carbonyl (C=O) groups is 2. The predicted octanol–water partition coefficient (Wildman–Crippen LogP) is 3.84. The number of carbonyl (C=O) groups excluding carboxylic acids is 2. The zero-order valence-corrected chi connectivity index (χ0v) is 19.0. The summed E-state index contributed by atoms with van der Waals surface area (Å²) in [6, 6.07) is 14.6. The molecule has 1 aliphatic carbocycles. The molecule has 0 aromatic heterocycles. The fourth-order valence-electron chi connectivity index (χ4n) is 4.22. The van der Waals surface area contributed by atoms with Crippen molar-refractivity contribution in [3.63, 3.8) is 0 Å². The Kier molecular flexibility index (Phi) is 6.55. The van der Waals surface area contributed by atoms with E-state index in [-0.39, 0.29) is 29.8 Å². The van der Waals surface area contributed by atoms with E-state index in [9.17, 15) is 14.9 Å². The zero-order valence-electron chi connectivity index (χ0n) is 19.0. The fourth-order valence-corrected chi connectivity index (χ4v) is 4.22. The minimum Gasteiger partial charge on any atom is -0.493 e. The first-order valence-electron chi connectivity index (χ1n) is 10.9. The molecular formula is C26H25N3O5. The molecule has 0 bridgehead atoms. The first-order chi connectivity index (χ1) is 16.4. The van der Waals surface area contributed by atoms with Crippen molar-refractivity contribution in [3.05, 3.63) is 76.4 Å². The second kappa shape index (κ2) is 9.71. The third kappa shape index (κ3) is 4.46. The highest BCUT2D eigenvalue weighted by Crippen LogP contribution is 2.45. The van der Waals surface area contributed by atoms with Crippen LogP contribution in [0.4, 0.5) is 5.69 Å². The molecule has 2 aromatic carbocycles. The van der Waals surface area contributed by atoms with Crippen molar-refractivity contribution in [2.75, 3.05) is 19.0 Å².